The first-order chi connectivity index (χ1) is 13.6. The highest BCUT2D eigenvalue weighted by molar-refractivity contribution is 7.71. The minimum atomic E-state index is 0.624. The molecule has 2 aromatic carbocycles. The molecule has 4 rings (SSSR count). The highest BCUT2D eigenvalue weighted by Crippen LogP contribution is 2.19. The van der Waals surface area contributed by atoms with Gasteiger partial charge in [0.2, 0.25) is 0 Å². The van der Waals surface area contributed by atoms with E-state index in [-0.39, 0.29) is 0 Å². The normalized spacial score (nSPS) is 13.4. The number of amidine groups is 1. The van der Waals surface area contributed by atoms with Crippen LogP contribution in [0.25, 0.3) is 5.69 Å². The van der Waals surface area contributed by atoms with Gasteiger partial charge in [-0.25, -0.2) is 10.2 Å². The molecule has 0 saturated carbocycles. The molecule has 2 heterocycles. The predicted molar refractivity (Wildman–Crippen MR) is 112 cm³/mol. The van der Waals surface area contributed by atoms with Gasteiger partial charge in [0.15, 0.2) is 5.84 Å². The summed E-state index contributed by atoms with van der Waals surface area (Å²) in [6.45, 7) is 4.82. The standard InChI is InChI=1S/C20H22N6OS/c1-13-4-7-16(10-14(13)2)26-20(28)18(11-21-26)19-22-23-24-25(19)12-15-5-8-17(27-3)9-6-15/h4-11,21,23-24H,12H2,1-3H3. The van der Waals surface area contributed by atoms with Gasteiger partial charge in [-0.3, -0.25) is 10.1 Å². The van der Waals surface area contributed by atoms with Gasteiger partial charge >= 0.3 is 0 Å². The summed E-state index contributed by atoms with van der Waals surface area (Å²) in [6.07, 6.45) is 1.88. The van der Waals surface area contributed by atoms with E-state index in [9.17, 15) is 0 Å². The van der Waals surface area contributed by atoms with Gasteiger partial charge in [0.1, 0.15) is 10.4 Å². The van der Waals surface area contributed by atoms with Gasteiger partial charge in [-0.2, -0.15) is 0 Å². The second kappa shape index (κ2) is 7.49. The first-order valence-corrected chi connectivity index (χ1v) is 9.35. The van der Waals surface area contributed by atoms with E-state index in [1.807, 2.05) is 40.2 Å². The molecule has 0 radical (unpaired) electrons. The summed E-state index contributed by atoms with van der Waals surface area (Å²) in [4.78, 5) is 0. The molecule has 7 nitrogen and oxygen atoms in total. The van der Waals surface area contributed by atoms with Gasteiger partial charge in [0.25, 0.3) is 0 Å². The Bertz CT molecular complexity index is 1080. The van der Waals surface area contributed by atoms with E-state index in [1.54, 1.807) is 7.11 Å². The lowest BCUT2D eigenvalue weighted by Crippen LogP contribution is -2.40. The minimum Gasteiger partial charge on any atom is -0.497 e. The number of hydrazine groups is 2. The maximum Gasteiger partial charge on any atom is 0.177 e. The summed E-state index contributed by atoms with van der Waals surface area (Å²) in [7, 11) is 1.66. The van der Waals surface area contributed by atoms with Gasteiger partial charge in [-0.15, -0.1) is 10.6 Å². The Hall–Kier alpha value is -3.10. The van der Waals surface area contributed by atoms with Gasteiger partial charge in [-0.05, 0) is 54.8 Å². The minimum absolute atomic E-state index is 0.624. The van der Waals surface area contributed by atoms with Crippen LogP contribution in [-0.2, 0) is 6.54 Å². The van der Waals surface area contributed by atoms with Crippen molar-refractivity contribution in [3.05, 3.63) is 75.6 Å². The predicted octanol–water partition coefficient (Wildman–Crippen LogP) is 3.35. The zero-order valence-corrected chi connectivity index (χ0v) is 16.8. The number of rotatable bonds is 5. The van der Waals surface area contributed by atoms with E-state index in [1.165, 1.54) is 11.1 Å². The molecular weight excluding hydrogens is 372 g/mol. The number of aromatic amines is 1. The van der Waals surface area contributed by atoms with E-state index in [2.05, 4.69) is 53.3 Å². The highest BCUT2D eigenvalue weighted by atomic mass is 32.1. The molecule has 8 heteroatoms. The van der Waals surface area contributed by atoms with Crippen LogP contribution in [0.3, 0.4) is 0 Å². The molecule has 0 fully saturated rings. The highest BCUT2D eigenvalue weighted by Gasteiger charge is 2.22. The second-order valence-electron chi connectivity index (χ2n) is 6.69. The zero-order valence-electron chi connectivity index (χ0n) is 16.0. The van der Waals surface area contributed by atoms with Crippen molar-refractivity contribution in [2.75, 3.05) is 7.11 Å². The number of methoxy groups -OCH3 is 1. The van der Waals surface area contributed by atoms with Crippen LogP contribution in [0, 0.1) is 18.5 Å². The summed E-state index contributed by atoms with van der Waals surface area (Å²) in [5, 5.41) is 9.54. The van der Waals surface area contributed by atoms with Gasteiger partial charge in [0.05, 0.1) is 24.9 Å². The SMILES string of the molecule is COc1ccc(CN2NNN=C2c2c[nH]n(-c3ccc(C)c(C)c3)c2=S)cc1. The molecule has 0 atom stereocenters. The Labute approximate surface area is 168 Å². The Morgan fingerprint density at radius 2 is 1.86 bits per heavy atom. The molecule has 0 unspecified atom stereocenters. The summed E-state index contributed by atoms with van der Waals surface area (Å²) < 4.78 is 7.79. The third kappa shape index (κ3) is 3.39. The number of ether oxygens (including phenoxy) is 1. The lowest BCUT2D eigenvalue weighted by Gasteiger charge is -2.18. The topological polar surface area (TPSA) is 69.6 Å². The lowest BCUT2D eigenvalue weighted by molar-refractivity contribution is 0.288. The fraction of sp³-hybridized carbons (Fsp3) is 0.200. The number of hydrogen-bond donors (Lipinski definition) is 3. The fourth-order valence-electron chi connectivity index (χ4n) is 3.07. The maximum atomic E-state index is 5.72. The summed E-state index contributed by atoms with van der Waals surface area (Å²) in [5.74, 6) is 1.57. The van der Waals surface area contributed by atoms with Crippen molar-refractivity contribution in [3.63, 3.8) is 0 Å². The molecule has 3 N–H and O–H groups in total. The molecular formula is C20H22N6OS. The molecule has 0 bridgehead atoms. The van der Waals surface area contributed by atoms with Crippen molar-refractivity contribution in [2.45, 2.75) is 20.4 Å². The quantitative estimate of drug-likeness (QED) is 0.579. The number of nitrogens with one attached hydrogen (secondary N) is 3. The van der Waals surface area contributed by atoms with Gasteiger partial charge < -0.3 is 4.74 Å². The largest absolute Gasteiger partial charge is 0.497 e. The molecule has 1 aliphatic rings. The van der Waals surface area contributed by atoms with Gasteiger partial charge in [0, 0.05) is 6.20 Å². The van der Waals surface area contributed by atoms with Crippen LogP contribution >= 0.6 is 12.2 Å². The van der Waals surface area contributed by atoms with E-state index in [0.717, 1.165) is 28.4 Å². The van der Waals surface area contributed by atoms with Crippen molar-refractivity contribution in [1.82, 2.24) is 25.9 Å². The average Bonchev–Trinajstić information content (AvgIpc) is 3.31. The Morgan fingerprint density at radius 3 is 2.57 bits per heavy atom. The summed E-state index contributed by atoms with van der Waals surface area (Å²) in [6, 6.07) is 14.2. The van der Waals surface area contributed by atoms with Crippen LogP contribution in [-0.4, -0.2) is 27.7 Å². The third-order valence-corrected chi connectivity index (χ3v) is 5.27. The van der Waals surface area contributed by atoms with E-state index >= 15 is 0 Å². The van der Waals surface area contributed by atoms with E-state index in [0.29, 0.717) is 11.2 Å². The number of aryl methyl sites for hydroxylation is 2. The van der Waals surface area contributed by atoms with Crippen LogP contribution in [0.1, 0.15) is 22.3 Å². The van der Waals surface area contributed by atoms with E-state index < -0.39 is 0 Å². The number of aromatic nitrogens is 2. The first kappa shape index (κ1) is 18.3. The number of benzene rings is 2. The van der Waals surface area contributed by atoms with Gasteiger partial charge in [-0.1, -0.05) is 30.4 Å². The Morgan fingerprint density at radius 1 is 1.07 bits per heavy atom. The Balaban J connectivity index is 1.60. The summed E-state index contributed by atoms with van der Waals surface area (Å²) in [5.41, 5.74) is 11.3. The third-order valence-electron chi connectivity index (χ3n) is 4.86. The van der Waals surface area contributed by atoms with Crippen LogP contribution in [0.15, 0.2) is 53.8 Å². The molecule has 28 heavy (non-hydrogen) atoms. The number of H-pyrrole nitrogens is 1. The fourth-order valence-corrected chi connectivity index (χ4v) is 3.38. The molecule has 0 spiro atoms. The number of hydrazone groups is 1. The molecule has 1 aliphatic heterocycles. The maximum absolute atomic E-state index is 5.72. The molecule has 0 saturated heterocycles. The molecule has 3 aromatic rings. The smallest absolute Gasteiger partial charge is 0.177 e. The van der Waals surface area contributed by atoms with Crippen LogP contribution < -0.4 is 15.8 Å². The first-order valence-electron chi connectivity index (χ1n) is 8.94. The molecule has 1 aromatic heterocycles. The summed E-state index contributed by atoms with van der Waals surface area (Å²) >= 11 is 5.72. The second-order valence-corrected chi connectivity index (χ2v) is 7.08. The van der Waals surface area contributed by atoms with Crippen molar-refractivity contribution >= 4 is 18.1 Å². The van der Waals surface area contributed by atoms with Crippen LogP contribution in [0.4, 0.5) is 0 Å². The Kier molecular flexibility index (Phi) is 4.89. The van der Waals surface area contributed by atoms with Crippen molar-refractivity contribution in [1.29, 1.82) is 0 Å². The lowest BCUT2D eigenvalue weighted by atomic mass is 10.1. The zero-order chi connectivity index (χ0) is 19.7. The van der Waals surface area contributed by atoms with Crippen LogP contribution in [0.2, 0.25) is 0 Å². The van der Waals surface area contributed by atoms with Crippen molar-refractivity contribution in [3.8, 4) is 11.4 Å². The molecule has 144 valence electrons. The van der Waals surface area contributed by atoms with Crippen molar-refractivity contribution < 1.29 is 4.74 Å². The average molecular weight is 395 g/mol. The van der Waals surface area contributed by atoms with Crippen LogP contribution in [0.5, 0.6) is 5.75 Å². The molecule has 0 amide bonds. The number of nitrogens with zero attached hydrogens (tertiary/aromatic N) is 3. The van der Waals surface area contributed by atoms with E-state index in [4.69, 9.17) is 17.0 Å². The number of hydrogen-bond acceptors (Lipinski definition) is 6. The van der Waals surface area contributed by atoms with Crippen molar-refractivity contribution in [2.24, 2.45) is 5.10 Å². The molecule has 0 aliphatic carbocycles. The monoisotopic (exact) mass is 394 g/mol.